The van der Waals surface area contributed by atoms with Crippen molar-refractivity contribution in [2.75, 3.05) is 0 Å². The number of amides is 1. The van der Waals surface area contributed by atoms with Gasteiger partial charge >= 0.3 is 0 Å². The van der Waals surface area contributed by atoms with Crippen LogP contribution in [0.25, 0.3) is 0 Å². The Hall–Kier alpha value is -1.86. The summed E-state index contributed by atoms with van der Waals surface area (Å²) in [7, 11) is -2.50. The quantitative estimate of drug-likeness (QED) is 0.886. The minimum atomic E-state index is -3.99. The molecule has 2 aliphatic carbocycles. The number of fused-ring (bicyclic) bond motifs is 2. The van der Waals surface area contributed by atoms with E-state index < -0.39 is 15.9 Å². The van der Waals surface area contributed by atoms with Gasteiger partial charge in [-0.25, -0.2) is 9.71 Å². The Kier molecular flexibility index (Phi) is 3.70. The van der Waals surface area contributed by atoms with Crippen molar-refractivity contribution in [3.63, 3.8) is 0 Å². The molecule has 1 aromatic carbocycles. The Labute approximate surface area is 151 Å². The molecule has 4 rings (SSSR count). The summed E-state index contributed by atoms with van der Waals surface area (Å²) in [5, 5.41) is -0.0680. The standard InChI is InChI=1S/C17H18ClN3O3S/c1-21-14(10-19-16(21)18)25(23,24)20-15(22)13-9-17(13)8-4-6-11-5-2-3-7-12(11)17/h2-3,5,7,10,13H,4,6,8-9H2,1H3,(H,20,22). The predicted molar refractivity (Wildman–Crippen MR) is 92.7 cm³/mol. The molecule has 0 radical (unpaired) electrons. The predicted octanol–water partition coefficient (Wildman–Crippen LogP) is 2.17. The van der Waals surface area contributed by atoms with Crippen LogP contribution >= 0.6 is 11.6 Å². The Bertz CT molecular complexity index is 969. The first-order valence-electron chi connectivity index (χ1n) is 8.17. The van der Waals surface area contributed by atoms with Crippen molar-refractivity contribution in [1.29, 1.82) is 0 Å². The lowest BCUT2D eigenvalue weighted by molar-refractivity contribution is -0.121. The van der Waals surface area contributed by atoms with Gasteiger partial charge in [-0.1, -0.05) is 24.3 Å². The summed E-state index contributed by atoms with van der Waals surface area (Å²) in [5.41, 5.74) is 2.26. The van der Waals surface area contributed by atoms with Gasteiger partial charge in [-0.3, -0.25) is 4.79 Å². The number of benzene rings is 1. The summed E-state index contributed by atoms with van der Waals surface area (Å²) in [6.07, 6.45) is 4.79. The minimum Gasteiger partial charge on any atom is -0.307 e. The molecule has 1 saturated carbocycles. The third kappa shape index (κ3) is 2.57. The van der Waals surface area contributed by atoms with Crippen LogP contribution in [-0.4, -0.2) is 23.9 Å². The number of sulfonamides is 1. The minimum absolute atomic E-state index is 0.0527. The van der Waals surface area contributed by atoms with Crippen LogP contribution < -0.4 is 4.72 Å². The second kappa shape index (κ2) is 5.57. The van der Waals surface area contributed by atoms with Crippen molar-refractivity contribution in [3.05, 3.63) is 46.9 Å². The third-order valence-electron chi connectivity index (χ3n) is 5.41. The highest BCUT2D eigenvalue weighted by molar-refractivity contribution is 7.90. The number of aromatic nitrogens is 2. The number of carbonyl (C=O) groups is 1. The lowest BCUT2D eigenvalue weighted by Crippen LogP contribution is -2.35. The molecule has 25 heavy (non-hydrogen) atoms. The molecule has 2 aliphatic rings. The van der Waals surface area contributed by atoms with E-state index in [-0.39, 0.29) is 21.6 Å². The van der Waals surface area contributed by atoms with Gasteiger partial charge in [0, 0.05) is 18.4 Å². The van der Waals surface area contributed by atoms with E-state index in [1.165, 1.54) is 22.7 Å². The van der Waals surface area contributed by atoms with E-state index in [4.69, 9.17) is 11.6 Å². The number of nitrogens with zero attached hydrogens (tertiary/aromatic N) is 2. The van der Waals surface area contributed by atoms with Gasteiger partial charge in [0.1, 0.15) is 0 Å². The summed E-state index contributed by atoms with van der Waals surface area (Å²) >= 11 is 5.79. The second-order valence-electron chi connectivity index (χ2n) is 6.82. The maximum atomic E-state index is 12.6. The number of hydrogen-bond acceptors (Lipinski definition) is 4. The highest BCUT2D eigenvalue weighted by Crippen LogP contribution is 2.60. The number of imidazole rings is 1. The van der Waals surface area contributed by atoms with Crippen molar-refractivity contribution < 1.29 is 13.2 Å². The summed E-state index contributed by atoms with van der Waals surface area (Å²) < 4.78 is 28.4. The summed E-state index contributed by atoms with van der Waals surface area (Å²) in [4.78, 5) is 16.4. The molecule has 2 aromatic rings. The van der Waals surface area contributed by atoms with Crippen LogP contribution in [0.5, 0.6) is 0 Å². The first-order valence-corrected chi connectivity index (χ1v) is 10.0. The normalized spacial score (nSPS) is 24.8. The lowest BCUT2D eigenvalue weighted by Gasteiger charge is -2.26. The van der Waals surface area contributed by atoms with Gasteiger partial charge in [-0.2, -0.15) is 8.42 Å². The van der Waals surface area contributed by atoms with E-state index in [1.807, 2.05) is 12.1 Å². The van der Waals surface area contributed by atoms with Crippen molar-refractivity contribution in [1.82, 2.24) is 14.3 Å². The van der Waals surface area contributed by atoms with Gasteiger partial charge < -0.3 is 4.57 Å². The molecule has 0 saturated heterocycles. The molecule has 8 heteroatoms. The van der Waals surface area contributed by atoms with Crippen LogP contribution in [0.2, 0.25) is 5.28 Å². The topological polar surface area (TPSA) is 81.1 Å². The van der Waals surface area contributed by atoms with Crippen LogP contribution in [0.3, 0.4) is 0 Å². The Balaban J connectivity index is 1.58. The molecule has 2 unspecified atom stereocenters. The van der Waals surface area contributed by atoms with Gasteiger partial charge in [0.05, 0.1) is 6.20 Å². The van der Waals surface area contributed by atoms with Crippen LogP contribution in [0, 0.1) is 5.92 Å². The van der Waals surface area contributed by atoms with Crippen molar-refractivity contribution in [2.24, 2.45) is 13.0 Å². The smallest absolute Gasteiger partial charge is 0.281 e. The van der Waals surface area contributed by atoms with Crippen LogP contribution in [-0.2, 0) is 33.7 Å². The first kappa shape index (κ1) is 16.6. The van der Waals surface area contributed by atoms with Crippen LogP contribution in [0.15, 0.2) is 35.5 Å². The maximum Gasteiger partial charge on any atom is 0.281 e. The van der Waals surface area contributed by atoms with Gasteiger partial charge in [-0.05, 0) is 48.4 Å². The molecule has 1 N–H and O–H groups in total. The Morgan fingerprint density at radius 1 is 1.40 bits per heavy atom. The van der Waals surface area contributed by atoms with Gasteiger partial charge in [0.15, 0.2) is 5.03 Å². The van der Waals surface area contributed by atoms with Crippen molar-refractivity contribution in [3.8, 4) is 0 Å². The van der Waals surface area contributed by atoms with Crippen molar-refractivity contribution >= 4 is 27.5 Å². The Morgan fingerprint density at radius 2 is 2.16 bits per heavy atom. The molecule has 1 heterocycles. The molecule has 2 atom stereocenters. The SMILES string of the molecule is Cn1c(S(=O)(=O)NC(=O)C2CC23CCCc2ccccc23)cnc1Cl. The summed E-state index contributed by atoms with van der Waals surface area (Å²) in [5.74, 6) is -0.763. The zero-order chi connectivity index (χ0) is 17.8. The average molecular weight is 380 g/mol. The zero-order valence-electron chi connectivity index (χ0n) is 13.7. The highest BCUT2D eigenvalue weighted by Gasteiger charge is 2.60. The number of rotatable bonds is 3. The number of carbonyl (C=O) groups excluding carboxylic acids is 1. The molecule has 6 nitrogen and oxygen atoms in total. The average Bonchev–Trinajstić information content (AvgIpc) is 3.19. The van der Waals surface area contributed by atoms with E-state index in [1.54, 1.807) is 0 Å². The highest BCUT2D eigenvalue weighted by atomic mass is 35.5. The zero-order valence-corrected chi connectivity index (χ0v) is 15.3. The van der Waals surface area contributed by atoms with E-state index >= 15 is 0 Å². The second-order valence-corrected chi connectivity index (χ2v) is 8.79. The molecular weight excluding hydrogens is 362 g/mol. The first-order chi connectivity index (χ1) is 11.8. The van der Waals surface area contributed by atoms with E-state index in [2.05, 4.69) is 21.8 Å². The number of aryl methyl sites for hydroxylation is 1. The van der Waals surface area contributed by atoms with Crippen LogP contribution in [0.4, 0.5) is 0 Å². The largest absolute Gasteiger partial charge is 0.307 e. The van der Waals surface area contributed by atoms with Crippen LogP contribution in [0.1, 0.15) is 30.4 Å². The third-order valence-corrected chi connectivity index (χ3v) is 7.16. The molecule has 0 aliphatic heterocycles. The van der Waals surface area contributed by atoms with E-state index in [0.717, 1.165) is 25.5 Å². The molecule has 1 spiro atoms. The monoisotopic (exact) mass is 379 g/mol. The lowest BCUT2D eigenvalue weighted by atomic mass is 9.78. The molecular formula is C17H18ClN3O3S. The van der Waals surface area contributed by atoms with Gasteiger partial charge in [-0.15, -0.1) is 0 Å². The maximum absolute atomic E-state index is 12.6. The summed E-state index contributed by atoms with van der Waals surface area (Å²) in [6, 6.07) is 8.15. The summed E-state index contributed by atoms with van der Waals surface area (Å²) in [6.45, 7) is 0. The number of halogens is 1. The molecule has 0 bridgehead atoms. The fourth-order valence-corrected chi connectivity index (χ4v) is 5.39. The molecule has 132 valence electrons. The Morgan fingerprint density at radius 3 is 2.88 bits per heavy atom. The van der Waals surface area contributed by atoms with E-state index in [9.17, 15) is 13.2 Å². The fraction of sp³-hybridized carbons (Fsp3) is 0.412. The van der Waals surface area contributed by atoms with E-state index in [0.29, 0.717) is 6.42 Å². The molecule has 1 fully saturated rings. The fourth-order valence-electron chi connectivity index (χ4n) is 4.05. The van der Waals surface area contributed by atoms with Gasteiger partial charge in [0.2, 0.25) is 11.2 Å². The molecule has 1 amide bonds. The number of nitrogens with one attached hydrogen (secondary N) is 1. The number of hydrogen-bond donors (Lipinski definition) is 1. The van der Waals surface area contributed by atoms with Crippen molar-refractivity contribution in [2.45, 2.75) is 36.1 Å². The molecule has 1 aromatic heterocycles. The van der Waals surface area contributed by atoms with Gasteiger partial charge in [0.25, 0.3) is 10.0 Å².